The predicted octanol–water partition coefficient (Wildman–Crippen LogP) is 18.3. The van der Waals surface area contributed by atoms with Crippen LogP contribution in [0.15, 0.2) is 24.3 Å². The Kier molecular flexibility index (Phi) is 50.8. The third-order valence-electron chi connectivity index (χ3n) is 12.4. The van der Waals surface area contributed by atoms with Crippen LogP contribution < -0.4 is 0 Å². The molecule has 0 aliphatic heterocycles. The molecule has 0 bridgehead atoms. The first-order valence-corrected chi connectivity index (χ1v) is 27.8. The first-order chi connectivity index (χ1) is 31.0. The fourth-order valence-electron chi connectivity index (χ4n) is 8.20. The topological polar surface area (TPSA) is 78.9 Å². The van der Waals surface area contributed by atoms with Crippen molar-refractivity contribution in [1.82, 2.24) is 0 Å². The number of carbonyl (C=O) groups excluding carboxylic acids is 3. The predicted molar refractivity (Wildman–Crippen MR) is 270 cm³/mol. The van der Waals surface area contributed by atoms with Crippen LogP contribution in [-0.4, -0.2) is 37.2 Å². The van der Waals surface area contributed by atoms with Gasteiger partial charge in [0.1, 0.15) is 13.2 Å². The lowest BCUT2D eigenvalue weighted by molar-refractivity contribution is -0.167. The van der Waals surface area contributed by atoms with Gasteiger partial charge in [0, 0.05) is 19.3 Å². The molecule has 1 atom stereocenters. The summed E-state index contributed by atoms with van der Waals surface area (Å²) in [7, 11) is 0. The highest BCUT2D eigenvalue weighted by Crippen LogP contribution is 2.16. The number of carbonyl (C=O) groups is 3. The monoisotopic (exact) mass is 887 g/mol. The number of esters is 3. The number of ether oxygens (including phenoxy) is 3. The summed E-state index contributed by atoms with van der Waals surface area (Å²) in [5.41, 5.74) is 0. The van der Waals surface area contributed by atoms with E-state index in [9.17, 15) is 14.4 Å². The molecule has 0 aliphatic carbocycles. The van der Waals surface area contributed by atoms with Crippen molar-refractivity contribution < 1.29 is 28.6 Å². The molecule has 6 nitrogen and oxygen atoms in total. The Bertz CT molecular complexity index is 1020. The largest absolute Gasteiger partial charge is 0.462 e. The normalized spacial score (nSPS) is 12.1. The second kappa shape index (κ2) is 52.5. The van der Waals surface area contributed by atoms with Crippen LogP contribution in [-0.2, 0) is 28.6 Å². The summed E-state index contributed by atoms with van der Waals surface area (Å²) >= 11 is 0. The summed E-state index contributed by atoms with van der Waals surface area (Å²) in [5, 5.41) is 0. The van der Waals surface area contributed by atoms with Crippen molar-refractivity contribution in [2.45, 2.75) is 309 Å². The molecule has 63 heavy (non-hydrogen) atoms. The highest BCUT2D eigenvalue weighted by Gasteiger charge is 2.19. The van der Waals surface area contributed by atoms with Crippen LogP contribution in [0.25, 0.3) is 0 Å². The van der Waals surface area contributed by atoms with Gasteiger partial charge in [-0.1, -0.05) is 238 Å². The van der Waals surface area contributed by atoms with E-state index in [4.69, 9.17) is 14.2 Å². The molecule has 0 saturated heterocycles. The molecule has 0 aromatic heterocycles. The van der Waals surface area contributed by atoms with Gasteiger partial charge in [0.05, 0.1) is 0 Å². The SMILES string of the molecule is CCCCCCCC/C=C\CCCCCC(=O)OCC(COC(=O)CCCCCCC/C=C\CCCCCCCCCCC)OC(=O)CCCCCCCCCCCCCCCC. The molecule has 0 saturated carbocycles. The number of allylic oxidation sites excluding steroid dienone is 4. The minimum Gasteiger partial charge on any atom is -0.462 e. The van der Waals surface area contributed by atoms with Crippen LogP contribution >= 0.6 is 0 Å². The molecule has 6 heteroatoms. The van der Waals surface area contributed by atoms with Crippen molar-refractivity contribution in [2.24, 2.45) is 0 Å². The van der Waals surface area contributed by atoms with E-state index < -0.39 is 6.10 Å². The minimum atomic E-state index is -0.776. The average molecular weight is 887 g/mol. The molecule has 0 radical (unpaired) electrons. The Balaban J connectivity index is 4.34. The molecule has 0 rings (SSSR count). The van der Waals surface area contributed by atoms with Gasteiger partial charge in [-0.15, -0.1) is 0 Å². The zero-order chi connectivity index (χ0) is 45.8. The molecule has 0 aromatic carbocycles. The zero-order valence-electron chi connectivity index (χ0n) is 42.4. The maximum atomic E-state index is 12.8. The first-order valence-electron chi connectivity index (χ1n) is 27.8. The fourth-order valence-corrected chi connectivity index (χ4v) is 8.20. The molecular formula is C57H106O6. The minimum absolute atomic E-state index is 0.0763. The van der Waals surface area contributed by atoms with Gasteiger partial charge in [-0.2, -0.15) is 0 Å². The molecule has 1 unspecified atom stereocenters. The van der Waals surface area contributed by atoms with E-state index in [0.717, 1.165) is 77.0 Å². The summed E-state index contributed by atoms with van der Waals surface area (Å²) in [5.74, 6) is -0.883. The first kappa shape index (κ1) is 60.9. The van der Waals surface area contributed by atoms with Gasteiger partial charge in [0.2, 0.25) is 0 Å². The van der Waals surface area contributed by atoms with E-state index in [1.165, 1.54) is 186 Å². The highest BCUT2D eigenvalue weighted by atomic mass is 16.6. The summed E-state index contributed by atoms with van der Waals surface area (Å²) < 4.78 is 16.8. The van der Waals surface area contributed by atoms with E-state index in [0.29, 0.717) is 19.3 Å². The van der Waals surface area contributed by atoms with Crippen molar-refractivity contribution in [1.29, 1.82) is 0 Å². The molecule has 0 aliphatic rings. The number of unbranched alkanes of at least 4 members (excludes halogenated alkanes) is 36. The van der Waals surface area contributed by atoms with E-state index in [2.05, 4.69) is 45.1 Å². The summed E-state index contributed by atoms with van der Waals surface area (Å²) in [6.07, 6.45) is 60.2. The van der Waals surface area contributed by atoms with E-state index in [1.54, 1.807) is 0 Å². The number of rotatable bonds is 51. The Morgan fingerprint density at radius 3 is 0.810 bits per heavy atom. The van der Waals surface area contributed by atoms with Crippen LogP contribution in [0.2, 0.25) is 0 Å². The molecule has 0 N–H and O–H groups in total. The molecule has 0 spiro atoms. The summed E-state index contributed by atoms with van der Waals surface area (Å²) in [6.45, 7) is 6.65. The fraction of sp³-hybridized carbons (Fsp3) is 0.877. The van der Waals surface area contributed by atoms with Gasteiger partial charge in [0.15, 0.2) is 6.10 Å². The smallest absolute Gasteiger partial charge is 0.306 e. The summed E-state index contributed by atoms with van der Waals surface area (Å²) in [4.78, 5) is 38.0. The van der Waals surface area contributed by atoms with Gasteiger partial charge in [-0.3, -0.25) is 14.4 Å². The van der Waals surface area contributed by atoms with Crippen molar-refractivity contribution in [3.63, 3.8) is 0 Å². The quantitative estimate of drug-likeness (QED) is 0.0262. The molecule has 0 amide bonds. The molecule has 370 valence electrons. The Morgan fingerprint density at radius 2 is 0.524 bits per heavy atom. The van der Waals surface area contributed by atoms with Crippen molar-refractivity contribution in [3.05, 3.63) is 24.3 Å². The lowest BCUT2D eigenvalue weighted by Crippen LogP contribution is -2.30. The molecular weight excluding hydrogens is 781 g/mol. The standard InChI is InChI=1S/C57H106O6/c1-4-7-10-13-16-19-22-25-27-28-29-30-33-35-38-41-44-47-50-56(59)62-53-54(52-61-55(58)49-46-43-40-37-34-31-24-21-18-15-12-9-6-3)63-57(60)51-48-45-42-39-36-32-26-23-20-17-14-11-8-5-2/h29-31,34,54H,4-28,32-33,35-53H2,1-3H3/b30-29-,34-31-. The third-order valence-corrected chi connectivity index (χ3v) is 12.4. The average Bonchev–Trinajstić information content (AvgIpc) is 3.28. The Hall–Kier alpha value is -2.11. The Labute approximate surface area is 392 Å². The van der Waals surface area contributed by atoms with Crippen molar-refractivity contribution >= 4 is 17.9 Å². The van der Waals surface area contributed by atoms with Crippen LogP contribution in [0.5, 0.6) is 0 Å². The van der Waals surface area contributed by atoms with Crippen molar-refractivity contribution in [2.75, 3.05) is 13.2 Å². The second-order valence-corrected chi connectivity index (χ2v) is 18.8. The van der Waals surface area contributed by atoms with Crippen molar-refractivity contribution in [3.8, 4) is 0 Å². The lowest BCUT2D eigenvalue weighted by atomic mass is 10.0. The van der Waals surface area contributed by atoms with Crippen LogP contribution in [0, 0.1) is 0 Å². The van der Waals surface area contributed by atoms with Gasteiger partial charge >= 0.3 is 17.9 Å². The molecule has 0 heterocycles. The maximum Gasteiger partial charge on any atom is 0.306 e. The number of hydrogen-bond acceptors (Lipinski definition) is 6. The van der Waals surface area contributed by atoms with Gasteiger partial charge < -0.3 is 14.2 Å². The zero-order valence-corrected chi connectivity index (χ0v) is 42.4. The van der Waals surface area contributed by atoms with Gasteiger partial charge in [-0.25, -0.2) is 0 Å². The van der Waals surface area contributed by atoms with Crippen LogP contribution in [0.3, 0.4) is 0 Å². The lowest BCUT2D eigenvalue weighted by Gasteiger charge is -2.18. The highest BCUT2D eigenvalue weighted by molar-refractivity contribution is 5.71. The summed E-state index contributed by atoms with van der Waals surface area (Å²) in [6, 6.07) is 0. The maximum absolute atomic E-state index is 12.8. The molecule has 0 aromatic rings. The Morgan fingerprint density at radius 1 is 0.302 bits per heavy atom. The third kappa shape index (κ3) is 50.7. The van der Waals surface area contributed by atoms with Crippen LogP contribution in [0.1, 0.15) is 303 Å². The van der Waals surface area contributed by atoms with Crippen LogP contribution in [0.4, 0.5) is 0 Å². The van der Waals surface area contributed by atoms with Gasteiger partial charge in [-0.05, 0) is 70.6 Å². The second-order valence-electron chi connectivity index (χ2n) is 18.8. The molecule has 0 fully saturated rings. The van der Waals surface area contributed by atoms with E-state index in [1.807, 2.05) is 0 Å². The van der Waals surface area contributed by atoms with E-state index in [-0.39, 0.29) is 31.1 Å². The van der Waals surface area contributed by atoms with Gasteiger partial charge in [0.25, 0.3) is 0 Å². The van der Waals surface area contributed by atoms with E-state index >= 15 is 0 Å². The number of hydrogen-bond donors (Lipinski definition) is 0.